The summed E-state index contributed by atoms with van der Waals surface area (Å²) in [6.45, 7) is 4.08. The van der Waals surface area contributed by atoms with E-state index >= 15 is 0 Å². The lowest BCUT2D eigenvalue weighted by molar-refractivity contribution is -0.137. The second-order valence-corrected chi connectivity index (χ2v) is 5.36. The molecular weight excluding hydrogens is 260 g/mol. The van der Waals surface area contributed by atoms with Gasteiger partial charge in [-0.2, -0.15) is 0 Å². The van der Waals surface area contributed by atoms with E-state index in [2.05, 4.69) is 15.6 Å². The number of carbonyl (C=O) groups excluding carboxylic acids is 1. The molecule has 112 valence electrons. The van der Waals surface area contributed by atoms with Crippen LogP contribution in [0.5, 0.6) is 0 Å². The van der Waals surface area contributed by atoms with Crippen molar-refractivity contribution in [2.45, 2.75) is 38.6 Å². The molecule has 1 aromatic rings. The third-order valence-corrected chi connectivity index (χ3v) is 2.97. The fraction of sp³-hybridized carbons (Fsp3) is 0.615. The Morgan fingerprint density at radius 3 is 2.70 bits per heavy atom. The smallest absolute Gasteiger partial charge is 0.315 e. The van der Waals surface area contributed by atoms with E-state index in [1.54, 1.807) is 20.0 Å². The Labute approximate surface area is 118 Å². The van der Waals surface area contributed by atoms with Gasteiger partial charge in [0.2, 0.25) is 0 Å². The van der Waals surface area contributed by atoms with Crippen LogP contribution in [-0.4, -0.2) is 38.7 Å². The van der Waals surface area contributed by atoms with Crippen molar-refractivity contribution >= 4 is 12.0 Å². The van der Waals surface area contributed by atoms with Gasteiger partial charge in [-0.05, 0) is 20.3 Å². The lowest BCUT2D eigenvalue weighted by atomic mass is 9.99. The molecule has 0 aliphatic heterocycles. The standard InChI is InChI=1S/C13H22N4O3/c1-13(2,6-4-11(18)19)16-12(20)15-7-5-10-14-8-9-17(10)3/h8-9H,4-7H2,1-3H3,(H,18,19)(H2,15,16,20). The summed E-state index contributed by atoms with van der Waals surface area (Å²) in [7, 11) is 1.90. The predicted molar refractivity (Wildman–Crippen MR) is 74.4 cm³/mol. The van der Waals surface area contributed by atoms with Crippen LogP contribution in [0.15, 0.2) is 12.4 Å². The maximum absolute atomic E-state index is 11.7. The largest absolute Gasteiger partial charge is 0.481 e. The minimum absolute atomic E-state index is 0.0283. The fourth-order valence-electron chi connectivity index (χ4n) is 1.76. The quantitative estimate of drug-likeness (QED) is 0.692. The van der Waals surface area contributed by atoms with Crippen LogP contribution in [0.1, 0.15) is 32.5 Å². The number of nitrogens with zero attached hydrogens (tertiary/aromatic N) is 2. The average Bonchev–Trinajstić information content (AvgIpc) is 2.72. The van der Waals surface area contributed by atoms with Gasteiger partial charge in [0.15, 0.2) is 0 Å². The van der Waals surface area contributed by atoms with Crippen molar-refractivity contribution in [3.63, 3.8) is 0 Å². The fourth-order valence-corrected chi connectivity index (χ4v) is 1.76. The average molecular weight is 282 g/mol. The zero-order valence-electron chi connectivity index (χ0n) is 12.1. The highest BCUT2D eigenvalue weighted by atomic mass is 16.4. The van der Waals surface area contributed by atoms with E-state index in [-0.39, 0.29) is 12.5 Å². The van der Waals surface area contributed by atoms with E-state index in [4.69, 9.17) is 5.11 Å². The number of aromatic nitrogens is 2. The van der Waals surface area contributed by atoms with Gasteiger partial charge >= 0.3 is 12.0 Å². The molecule has 0 atom stereocenters. The summed E-state index contributed by atoms with van der Waals surface area (Å²) >= 11 is 0. The minimum atomic E-state index is -0.866. The number of nitrogens with one attached hydrogen (secondary N) is 2. The normalized spacial score (nSPS) is 11.2. The van der Waals surface area contributed by atoms with E-state index < -0.39 is 11.5 Å². The van der Waals surface area contributed by atoms with Crippen LogP contribution < -0.4 is 10.6 Å². The highest BCUT2D eigenvalue weighted by Crippen LogP contribution is 2.10. The first kappa shape index (κ1) is 16.0. The van der Waals surface area contributed by atoms with Crippen molar-refractivity contribution in [1.82, 2.24) is 20.2 Å². The molecule has 0 saturated heterocycles. The summed E-state index contributed by atoms with van der Waals surface area (Å²) < 4.78 is 1.90. The molecule has 3 N–H and O–H groups in total. The Morgan fingerprint density at radius 2 is 2.15 bits per heavy atom. The third-order valence-electron chi connectivity index (χ3n) is 2.97. The number of carbonyl (C=O) groups is 2. The van der Waals surface area contributed by atoms with Crippen LogP contribution in [0.4, 0.5) is 4.79 Å². The molecule has 1 aromatic heterocycles. The topological polar surface area (TPSA) is 96.3 Å². The van der Waals surface area contributed by atoms with Crippen molar-refractivity contribution in [1.29, 1.82) is 0 Å². The molecular formula is C13H22N4O3. The van der Waals surface area contributed by atoms with Crippen LogP contribution in [0, 0.1) is 0 Å². The number of urea groups is 1. The van der Waals surface area contributed by atoms with Gasteiger partial charge < -0.3 is 20.3 Å². The Balaban J connectivity index is 2.29. The number of hydrogen-bond donors (Lipinski definition) is 3. The number of rotatable bonds is 7. The summed E-state index contributed by atoms with van der Waals surface area (Å²) in [5.41, 5.74) is -0.550. The molecule has 0 aromatic carbocycles. The van der Waals surface area contributed by atoms with Crippen LogP contribution >= 0.6 is 0 Å². The number of aryl methyl sites for hydroxylation is 1. The molecule has 0 aliphatic carbocycles. The molecule has 1 rings (SSSR count). The number of amides is 2. The van der Waals surface area contributed by atoms with E-state index in [1.807, 2.05) is 17.8 Å². The molecule has 0 radical (unpaired) electrons. The number of carboxylic acids is 1. The summed E-state index contributed by atoms with van der Waals surface area (Å²) in [6, 6.07) is -0.297. The second kappa shape index (κ2) is 6.93. The minimum Gasteiger partial charge on any atom is -0.481 e. The van der Waals surface area contributed by atoms with Crippen molar-refractivity contribution < 1.29 is 14.7 Å². The number of carboxylic acid groups (broad SMARTS) is 1. The Bertz CT molecular complexity index is 468. The maximum Gasteiger partial charge on any atom is 0.315 e. The van der Waals surface area contributed by atoms with Crippen LogP contribution in [-0.2, 0) is 18.3 Å². The summed E-state index contributed by atoms with van der Waals surface area (Å²) in [4.78, 5) is 26.4. The van der Waals surface area contributed by atoms with Crippen molar-refractivity contribution in [2.75, 3.05) is 6.54 Å². The van der Waals surface area contributed by atoms with E-state index in [9.17, 15) is 9.59 Å². The van der Waals surface area contributed by atoms with Crippen LogP contribution in [0.25, 0.3) is 0 Å². The number of hydrogen-bond acceptors (Lipinski definition) is 3. The van der Waals surface area contributed by atoms with Crippen molar-refractivity contribution in [3.8, 4) is 0 Å². The molecule has 7 heteroatoms. The lowest BCUT2D eigenvalue weighted by Crippen LogP contribution is -2.49. The first-order valence-corrected chi connectivity index (χ1v) is 6.54. The van der Waals surface area contributed by atoms with Gasteiger partial charge in [-0.25, -0.2) is 9.78 Å². The van der Waals surface area contributed by atoms with E-state index in [0.717, 1.165) is 5.82 Å². The Morgan fingerprint density at radius 1 is 1.45 bits per heavy atom. The van der Waals surface area contributed by atoms with E-state index in [1.165, 1.54) is 0 Å². The van der Waals surface area contributed by atoms with E-state index in [0.29, 0.717) is 19.4 Å². The Kier molecular flexibility index (Phi) is 5.54. The highest BCUT2D eigenvalue weighted by Gasteiger charge is 2.21. The van der Waals surface area contributed by atoms with Gasteiger partial charge in [0, 0.05) is 44.4 Å². The maximum atomic E-state index is 11.7. The Hall–Kier alpha value is -2.05. The predicted octanol–water partition coefficient (Wildman–Crippen LogP) is 0.905. The van der Waals surface area contributed by atoms with Crippen molar-refractivity contribution in [2.24, 2.45) is 7.05 Å². The third kappa shape index (κ3) is 5.73. The molecule has 0 saturated carbocycles. The molecule has 0 fully saturated rings. The van der Waals surface area contributed by atoms with Gasteiger partial charge in [0.25, 0.3) is 0 Å². The SMILES string of the molecule is Cn1ccnc1CCNC(=O)NC(C)(C)CCC(=O)O. The first-order chi connectivity index (χ1) is 9.30. The van der Waals surface area contributed by atoms with Gasteiger partial charge in [0.05, 0.1) is 0 Å². The molecule has 0 bridgehead atoms. The second-order valence-electron chi connectivity index (χ2n) is 5.36. The highest BCUT2D eigenvalue weighted by molar-refractivity contribution is 5.74. The van der Waals surface area contributed by atoms with Gasteiger partial charge in [-0.15, -0.1) is 0 Å². The molecule has 0 spiro atoms. The zero-order valence-corrected chi connectivity index (χ0v) is 12.1. The monoisotopic (exact) mass is 282 g/mol. The molecule has 7 nitrogen and oxygen atoms in total. The zero-order chi connectivity index (χ0) is 15.2. The van der Waals surface area contributed by atoms with Crippen LogP contribution in [0.3, 0.4) is 0 Å². The molecule has 2 amide bonds. The summed E-state index contributed by atoms with van der Waals surface area (Å²) in [5.74, 6) is 0.0329. The summed E-state index contributed by atoms with van der Waals surface area (Å²) in [6.07, 6.45) is 4.62. The molecule has 0 unspecified atom stereocenters. The lowest BCUT2D eigenvalue weighted by Gasteiger charge is -2.25. The van der Waals surface area contributed by atoms with Gasteiger partial charge in [0.1, 0.15) is 5.82 Å². The molecule has 20 heavy (non-hydrogen) atoms. The number of imidazole rings is 1. The first-order valence-electron chi connectivity index (χ1n) is 6.54. The molecule has 0 aliphatic rings. The molecule has 1 heterocycles. The van der Waals surface area contributed by atoms with Crippen LogP contribution in [0.2, 0.25) is 0 Å². The van der Waals surface area contributed by atoms with Gasteiger partial charge in [-0.3, -0.25) is 4.79 Å². The van der Waals surface area contributed by atoms with Gasteiger partial charge in [-0.1, -0.05) is 0 Å². The van der Waals surface area contributed by atoms with Crippen molar-refractivity contribution in [3.05, 3.63) is 18.2 Å². The summed E-state index contributed by atoms with van der Waals surface area (Å²) in [5, 5.41) is 14.2. The number of aliphatic carboxylic acids is 1.